The first-order chi connectivity index (χ1) is 15.5. The second-order valence-corrected chi connectivity index (χ2v) is 21.5. The van der Waals surface area contributed by atoms with Crippen LogP contribution in [0.1, 0.15) is 124 Å². The van der Waals surface area contributed by atoms with Gasteiger partial charge in [0.15, 0.2) is 0 Å². The van der Waals surface area contributed by atoms with Crippen molar-refractivity contribution in [3.8, 4) is 0 Å². The second kappa shape index (κ2) is 18.1. The topological polar surface area (TPSA) is 0 Å². The summed E-state index contributed by atoms with van der Waals surface area (Å²) in [6, 6.07) is 0. The molecule has 208 valence electrons. The van der Waals surface area contributed by atoms with Crippen molar-refractivity contribution in [2.24, 2.45) is 35.5 Å². The summed E-state index contributed by atoms with van der Waals surface area (Å²) in [6.07, 6.45) is 24.9. The Labute approximate surface area is 242 Å². The predicted octanol–water partition coefficient (Wildman–Crippen LogP) is 12.4. The van der Waals surface area contributed by atoms with Gasteiger partial charge in [0.25, 0.3) is 0 Å². The molecule has 4 rings (SSSR count). The van der Waals surface area contributed by atoms with Crippen LogP contribution in [0.3, 0.4) is 0 Å². The van der Waals surface area contributed by atoms with Gasteiger partial charge in [0, 0.05) is 0 Å². The van der Waals surface area contributed by atoms with Crippen molar-refractivity contribution in [3.05, 3.63) is 14.9 Å². The summed E-state index contributed by atoms with van der Waals surface area (Å²) in [5.41, 5.74) is 2.35. The van der Waals surface area contributed by atoms with Crippen LogP contribution in [0.25, 0.3) is 0 Å². The molecule has 0 spiro atoms. The van der Waals surface area contributed by atoms with Crippen LogP contribution in [-0.2, 0) is 20.8 Å². The third-order valence-electron chi connectivity index (χ3n) is 11.0. The molecule has 0 aromatic rings. The van der Waals surface area contributed by atoms with Gasteiger partial charge < -0.3 is 14.9 Å². The molecule has 0 aromatic heterocycles. The number of hydrogen-bond donors (Lipinski definition) is 0. The molecule has 0 saturated heterocycles. The van der Waals surface area contributed by atoms with Gasteiger partial charge in [0.2, 0.25) is 0 Å². The van der Waals surface area contributed by atoms with E-state index in [1.165, 1.54) is 36.8 Å². The SMILES string of the molecule is C.CCCCC(CC)CC1CC([Si](C)(C)C2CCC3CCCCC32)C2CCCCC12.[CH3-].[CH3-].[Cl][Zr+2][Cl]. The molecule has 0 N–H and O–H groups in total. The Morgan fingerprint density at radius 2 is 1.37 bits per heavy atom. The summed E-state index contributed by atoms with van der Waals surface area (Å²) in [5, 5.41) is 0. The Hall–Kier alpha value is 1.68. The van der Waals surface area contributed by atoms with E-state index >= 15 is 0 Å². The average Bonchev–Trinajstić information content (AvgIpc) is 3.40. The van der Waals surface area contributed by atoms with E-state index in [1.54, 1.807) is 77.0 Å². The molecule has 0 aromatic carbocycles. The van der Waals surface area contributed by atoms with Crippen molar-refractivity contribution < 1.29 is 20.8 Å². The quantitative estimate of drug-likeness (QED) is 0.186. The predicted molar refractivity (Wildman–Crippen MR) is 162 cm³/mol. The molecular formula is C31H62Cl2SiZr. The Balaban J connectivity index is 0.00000183. The molecule has 4 saturated carbocycles. The van der Waals surface area contributed by atoms with Gasteiger partial charge in [-0.15, -0.1) is 0 Å². The average molecular weight is 625 g/mol. The van der Waals surface area contributed by atoms with Crippen LogP contribution in [0.15, 0.2) is 0 Å². The van der Waals surface area contributed by atoms with E-state index in [1.807, 2.05) is 0 Å². The van der Waals surface area contributed by atoms with Crippen molar-refractivity contribution >= 4 is 25.1 Å². The van der Waals surface area contributed by atoms with E-state index in [9.17, 15) is 0 Å². The molecule has 35 heavy (non-hydrogen) atoms. The van der Waals surface area contributed by atoms with Crippen molar-refractivity contribution in [1.29, 1.82) is 0 Å². The van der Waals surface area contributed by atoms with Gasteiger partial charge in [-0.05, 0) is 65.9 Å². The van der Waals surface area contributed by atoms with Crippen LogP contribution >= 0.6 is 17.0 Å². The van der Waals surface area contributed by atoms with Crippen LogP contribution < -0.4 is 0 Å². The Morgan fingerprint density at radius 1 is 0.800 bits per heavy atom. The van der Waals surface area contributed by atoms with E-state index in [-0.39, 0.29) is 22.3 Å². The summed E-state index contributed by atoms with van der Waals surface area (Å²) in [4.78, 5) is 0. The fourth-order valence-electron chi connectivity index (χ4n) is 9.42. The van der Waals surface area contributed by atoms with Gasteiger partial charge >= 0.3 is 37.9 Å². The summed E-state index contributed by atoms with van der Waals surface area (Å²) >= 11 is -0.826. The molecule has 0 amide bonds. The molecule has 0 heterocycles. The van der Waals surface area contributed by atoms with Gasteiger partial charge in [-0.1, -0.05) is 118 Å². The first kappa shape index (κ1) is 36.7. The first-order valence-corrected chi connectivity index (χ1v) is 23.9. The molecule has 4 heteroatoms. The monoisotopic (exact) mass is 622 g/mol. The van der Waals surface area contributed by atoms with Gasteiger partial charge in [0.05, 0.1) is 8.07 Å². The fourth-order valence-corrected chi connectivity index (χ4v) is 14.8. The molecule has 0 bridgehead atoms. The second-order valence-electron chi connectivity index (χ2n) is 12.7. The third kappa shape index (κ3) is 9.10. The zero-order valence-electron chi connectivity index (χ0n) is 23.7. The van der Waals surface area contributed by atoms with Gasteiger partial charge in [-0.25, -0.2) is 0 Å². The summed E-state index contributed by atoms with van der Waals surface area (Å²) < 4.78 is 0. The van der Waals surface area contributed by atoms with Gasteiger partial charge in [0.1, 0.15) is 0 Å². The minimum atomic E-state index is -1.18. The maximum absolute atomic E-state index is 4.93. The number of hydrogen-bond acceptors (Lipinski definition) is 0. The van der Waals surface area contributed by atoms with Crippen LogP contribution in [0.5, 0.6) is 0 Å². The minimum absolute atomic E-state index is 0. The van der Waals surface area contributed by atoms with Crippen LogP contribution in [0.2, 0.25) is 24.2 Å². The Bertz CT molecular complexity index is 542. The van der Waals surface area contributed by atoms with Crippen molar-refractivity contribution in [2.45, 2.75) is 148 Å². The Morgan fingerprint density at radius 3 is 1.97 bits per heavy atom. The number of unbranched alkanes of at least 4 members (excludes halogenated alkanes) is 1. The van der Waals surface area contributed by atoms with Crippen LogP contribution in [0, 0.1) is 50.4 Å². The molecular weight excluding hydrogens is 563 g/mol. The molecule has 0 radical (unpaired) electrons. The summed E-state index contributed by atoms with van der Waals surface area (Å²) in [6.45, 7) is 10.6. The first-order valence-electron chi connectivity index (χ1n) is 14.4. The molecule has 4 aliphatic rings. The number of rotatable bonds is 8. The van der Waals surface area contributed by atoms with E-state index in [4.69, 9.17) is 17.0 Å². The van der Waals surface area contributed by atoms with Crippen LogP contribution in [-0.4, -0.2) is 8.07 Å². The van der Waals surface area contributed by atoms with E-state index in [0.717, 1.165) is 35.5 Å². The molecule has 8 atom stereocenters. The zero-order chi connectivity index (χ0) is 23.1. The standard InChI is InChI=1S/C28H52Si.CH4.2CH3.2ClH.Zr/c1-5-7-12-21(6-2)19-23-20-28(26-16-11-10-14-24(23)26)29(3,4)27-18-17-22-13-8-9-15-25(22)27;;;;;;/h21-28H,5-20H2,1-4H3;1H4;2*1H3;2*1H;/q;;2*-1;;;+4/p-2. The van der Waals surface area contributed by atoms with Gasteiger partial charge in [-0.2, -0.15) is 0 Å². The third-order valence-corrected chi connectivity index (χ3v) is 16.2. The zero-order valence-corrected chi connectivity index (χ0v) is 28.7. The number of fused-ring (bicyclic) bond motifs is 2. The molecule has 8 unspecified atom stereocenters. The molecule has 0 aliphatic heterocycles. The maximum atomic E-state index is 4.93. The van der Waals surface area contributed by atoms with E-state index in [0.29, 0.717) is 0 Å². The van der Waals surface area contributed by atoms with Crippen molar-refractivity contribution in [1.82, 2.24) is 0 Å². The molecule has 4 aliphatic carbocycles. The fraction of sp³-hybridized carbons (Fsp3) is 0.935. The van der Waals surface area contributed by atoms with Crippen LogP contribution in [0.4, 0.5) is 0 Å². The normalized spacial score (nSPS) is 34.4. The van der Waals surface area contributed by atoms with Crippen molar-refractivity contribution in [2.75, 3.05) is 0 Å². The van der Waals surface area contributed by atoms with Gasteiger partial charge in [-0.3, -0.25) is 0 Å². The summed E-state index contributed by atoms with van der Waals surface area (Å²) in [5.74, 6) is 6.68. The molecule has 4 fully saturated rings. The number of halogens is 2. The van der Waals surface area contributed by atoms with E-state index in [2.05, 4.69) is 26.9 Å². The van der Waals surface area contributed by atoms with E-state index < -0.39 is 28.9 Å². The summed E-state index contributed by atoms with van der Waals surface area (Å²) in [7, 11) is 8.69. The van der Waals surface area contributed by atoms with Crippen molar-refractivity contribution in [3.63, 3.8) is 0 Å². The Kier molecular flexibility index (Phi) is 19.0. The molecule has 0 nitrogen and oxygen atoms in total.